The normalized spacial score (nSPS) is 15.7. The quantitative estimate of drug-likeness (QED) is 0.817. The van der Waals surface area contributed by atoms with Crippen LogP contribution in [-0.4, -0.2) is 36.3 Å². The van der Waals surface area contributed by atoms with Crippen LogP contribution in [0.25, 0.3) is 0 Å². The number of hydrogen-bond acceptors (Lipinski definition) is 3. The predicted octanol–water partition coefficient (Wildman–Crippen LogP) is 2.21. The van der Waals surface area contributed by atoms with Gasteiger partial charge in [0.05, 0.1) is 11.8 Å². The van der Waals surface area contributed by atoms with Crippen molar-refractivity contribution in [1.82, 2.24) is 10.2 Å². The molecule has 2 heterocycles. The molecule has 0 unspecified atom stereocenters. The maximum atomic E-state index is 11.9. The Bertz CT molecular complexity index is 474. The third-order valence-corrected chi connectivity index (χ3v) is 3.86. The van der Waals surface area contributed by atoms with Gasteiger partial charge in [-0.15, -0.1) is 6.58 Å². The minimum atomic E-state index is -0.103. The van der Waals surface area contributed by atoms with Crippen molar-refractivity contribution in [3.8, 4) is 0 Å². The summed E-state index contributed by atoms with van der Waals surface area (Å²) in [6.07, 6.45) is 7.86. The van der Waals surface area contributed by atoms with Crippen molar-refractivity contribution in [1.29, 1.82) is 0 Å². The van der Waals surface area contributed by atoms with Crippen LogP contribution in [-0.2, 0) is 4.79 Å². The lowest BCUT2D eigenvalue weighted by atomic mass is 9.96. The summed E-state index contributed by atoms with van der Waals surface area (Å²) in [5.41, 5.74) is 0.548. The highest BCUT2D eigenvalue weighted by molar-refractivity contribution is 5.93. The van der Waals surface area contributed by atoms with Crippen molar-refractivity contribution >= 4 is 11.8 Å². The van der Waals surface area contributed by atoms with E-state index in [1.54, 1.807) is 12.1 Å². The van der Waals surface area contributed by atoms with Crippen molar-refractivity contribution in [2.75, 3.05) is 19.6 Å². The molecule has 21 heavy (non-hydrogen) atoms. The van der Waals surface area contributed by atoms with E-state index in [0.29, 0.717) is 24.4 Å². The van der Waals surface area contributed by atoms with Gasteiger partial charge >= 0.3 is 0 Å². The summed E-state index contributed by atoms with van der Waals surface area (Å²) in [6, 6.07) is 1.65. The highest BCUT2D eigenvalue weighted by atomic mass is 16.3. The van der Waals surface area contributed by atoms with Gasteiger partial charge in [0.15, 0.2) is 0 Å². The minimum Gasteiger partial charge on any atom is -0.472 e. The zero-order chi connectivity index (χ0) is 15.1. The fourth-order valence-corrected chi connectivity index (χ4v) is 2.50. The van der Waals surface area contributed by atoms with E-state index < -0.39 is 0 Å². The van der Waals surface area contributed by atoms with Gasteiger partial charge in [0.2, 0.25) is 5.91 Å². The average molecular weight is 290 g/mol. The molecule has 5 heteroatoms. The SMILES string of the molecule is C=CCCC(=O)N1CCC(CNC(=O)c2ccoc2)CC1. The van der Waals surface area contributed by atoms with Gasteiger partial charge in [-0.1, -0.05) is 6.08 Å². The summed E-state index contributed by atoms with van der Waals surface area (Å²) < 4.78 is 4.89. The van der Waals surface area contributed by atoms with Crippen LogP contribution < -0.4 is 5.32 Å². The van der Waals surface area contributed by atoms with E-state index in [1.807, 2.05) is 4.90 Å². The molecule has 0 spiro atoms. The van der Waals surface area contributed by atoms with E-state index in [1.165, 1.54) is 12.5 Å². The molecule has 0 aromatic carbocycles. The third-order valence-electron chi connectivity index (χ3n) is 3.86. The van der Waals surface area contributed by atoms with Crippen LogP contribution in [0.4, 0.5) is 0 Å². The second-order valence-electron chi connectivity index (χ2n) is 5.37. The van der Waals surface area contributed by atoms with Crippen LogP contribution in [0.3, 0.4) is 0 Å². The summed E-state index contributed by atoms with van der Waals surface area (Å²) in [5, 5.41) is 2.92. The largest absolute Gasteiger partial charge is 0.472 e. The zero-order valence-corrected chi connectivity index (χ0v) is 12.2. The molecule has 0 bridgehead atoms. The fourth-order valence-electron chi connectivity index (χ4n) is 2.50. The number of nitrogens with zero attached hydrogens (tertiary/aromatic N) is 1. The van der Waals surface area contributed by atoms with Gasteiger partial charge in [-0.2, -0.15) is 0 Å². The molecule has 1 aromatic rings. The highest BCUT2D eigenvalue weighted by Crippen LogP contribution is 2.17. The summed E-state index contributed by atoms with van der Waals surface area (Å²) >= 11 is 0. The van der Waals surface area contributed by atoms with Crippen molar-refractivity contribution in [2.24, 2.45) is 5.92 Å². The molecule has 5 nitrogen and oxygen atoms in total. The summed E-state index contributed by atoms with van der Waals surface area (Å²) in [4.78, 5) is 25.6. The van der Waals surface area contributed by atoms with Crippen LogP contribution in [0.5, 0.6) is 0 Å². The first-order chi connectivity index (χ1) is 10.2. The summed E-state index contributed by atoms with van der Waals surface area (Å²) in [6.45, 7) is 5.85. The molecule has 114 valence electrons. The molecule has 1 aliphatic rings. The zero-order valence-electron chi connectivity index (χ0n) is 12.2. The van der Waals surface area contributed by atoms with Crippen molar-refractivity contribution in [3.05, 3.63) is 36.8 Å². The molecular weight excluding hydrogens is 268 g/mol. The van der Waals surface area contributed by atoms with Crippen LogP contribution in [0.2, 0.25) is 0 Å². The first-order valence-corrected chi connectivity index (χ1v) is 7.39. The Morgan fingerprint density at radius 2 is 2.19 bits per heavy atom. The smallest absolute Gasteiger partial charge is 0.254 e. The molecule has 1 fully saturated rings. The lowest BCUT2D eigenvalue weighted by Gasteiger charge is -2.32. The maximum Gasteiger partial charge on any atom is 0.254 e. The van der Waals surface area contributed by atoms with Gasteiger partial charge in [0.25, 0.3) is 5.91 Å². The number of carbonyl (C=O) groups is 2. The monoisotopic (exact) mass is 290 g/mol. The third kappa shape index (κ3) is 4.48. The Morgan fingerprint density at radius 1 is 1.43 bits per heavy atom. The van der Waals surface area contributed by atoms with Crippen LogP contribution in [0, 0.1) is 5.92 Å². The number of likely N-dealkylation sites (tertiary alicyclic amines) is 1. The topological polar surface area (TPSA) is 62.6 Å². The van der Waals surface area contributed by atoms with E-state index in [4.69, 9.17) is 4.42 Å². The molecule has 2 rings (SSSR count). The molecule has 0 aliphatic carbocycles. The van der Waals surface area contributed by atoms with Gasteiger partial charge in [-0.05, 0) is 31.2 Å². The molecule has 1 N–H and O–H groups in total. The first kappa shape index (κ1) is 15.4. The molecule has 0 saturated carbocycles. The Kier molecular flexibility index (Phi) is 5.60. The van der Waals surface area contributed by atoms with E-state index in [2.05, 4.69) is 11.9 Å². The van der Waals surface area contributed by atoms with Gasteiger partial charge in [-0.3, -0.25) is 9.59 Å². The molecule has 1 saturated heterocycles. The van der Waals surface area contributed by atoms with Gasteiger partial charge in [0, 0.05) is 26.1 Å². The van der Waals surface area contributed by atoms with Crippen molar-refractivity contribution in [2.45, 2.75) is 25.7 Å². The maximum absolute atomic E-state index is 11.9. The lowest BCUT2D eigenvalue weighted by molar-refractivity contribution is -0.132. The Morgan fingerprint density at radius 3 is 2.81 bits per heavy atom. The fraction of sp³-hybridized carbons (Fsp3) is 0.500. The summed E-state index contributed by atoms with van der Waals surface area (Å²) in [7, 11) is 0. The second kappa shape index (κ2) is 7.67. The molecule has 0 atom stereocenters. The average Bonchev–Trinajstić information content (AvgIpc) is 3.05. The second-order valence-corrected chi connectivity index (χ2v) is 5.37. The number of furan rings is 1. The van der Waals surface area contributed by atoms with Gasteiger partial charge in [-0.25, -0.2) is 0 Å². The number of rotatable bonds is 6. The molecular formula is C16H22N2O3. The number of carbonyl (C=O) groups excluding carboxylic acids is 2. The number of amides is 2. The van der Waals surface area contributed by atoms with E-state index >= 15 is 0 Å². The van der Waals surface area contributed by atoms with Crippen molar-refractivity contribution in [3.63, 3.8) is 0 Å². The van der Waals surface area contributed by atoms with E-state index in [0.717, 1.165) is 32.4 Å². The first-order valence-electron chi connectivity index (χ1n) is 7.39. The Hall–Kier alpha value is -2.04. The molecule has 2 amide bonds. The number of nitrogens with one attached hydrogen (secondary N) is 1. The predicted molar refractivity (Wildman–Crippen MR) is 79.8 cm³/mol. The summed E-state index contributed by atoms with van der Waals surface area (Å²) in [5.74, 6) is 0.535. The molecule has 0 radical (unpaired) electrons. The number of piperidine rings is 1. The van der Waals surface area contributed by atoms with E-state index in [-0.39, 0.29) is 11.8 Å². The Balaban J connectivity index is 1.68. The number of allylic oxidation sites excluding steroid dienone is 1. The van der Waals surface area contributed by atoms with Gasteiger partial charge in [0.1, 0.15) is 6.26 Å². The minimum absolute atomic E-state index is 0.103. The van der Waals surface area contributed by atoms with Crippen LogP contribution in [0.1, 0.15) is 36.0 Å². The lowest BCUT2D eigenvalue weighted by Crippen LogP contribution is -2.41. The van der Waals surface area contributed by atoms with Gasteiger partial charge < -0.3 is 14.6 Å². The standard InChI is InChI=1S/C16H22N2O3/c1-2-3-4-15(19)18-8-5-13(6-9-18)11-17-16(20)14-7-10-21-12-14/h2,7,10,12-13H,1,3-6,8-9,11H2,(H,17,20). The highest BCUT2D eigenvalue weighted by Gasteiger charge is 2.22. The molecule has 1 aromatic heterocycles. The number of hydrogen-bond donors (Lipinski definition) is 1. The Labute approximate surface area is 125 Å². The van der Waals surface area contributed by atoms with Crippen molar-refractivity contribution < 1.29 is 14.0 Å². The van der Waals surface area contributed by atoms with Crippen LogP contribution >= 0.6 is 0 Å². The molecule has 1 aliphatic heterocycles. The van der Waals surface area contributed by atoms with Crippen LogP contribution in [0.15, 0.2) is 35.7 Å². The van der Waals surface area contributed by atoms with E-state index in [9.17, 15) is 9.59 Å².